The molecule has 0 atom stereocenters. The lowest BCUT2D eigenvalue weighted by Gasteiger charge is -2.28. The molecule has 0 radical (unpaired) electrons. The molecule has 3 heterocycles. The summed E-state index contributed by atoms with van der Waals surface area (Å²) in [6, 6.07) is 59.7. The fourth-order valence-electron chi connectivity index (χ4n) is 7.18. The highest BCUT2D eigenvalue weighted by atomic mass is 32.1. The van der Waals surface area contributed by atoms with Gasteiger partial charge in [0.15, 0.2) is 17.5 Å². The van der Waals surface area contributed by atoms with Gasteiger partial charge in [0.1, 0.15) is 0 Å². The first-order chi connectivity index (χ1) is 24.8. The number of anilines is 3. The smallest absolute Gasteiger partial charge is 0.164 e. The average Bonchev–Trinajstić information content (AvgIpc) is 3.52. The summed E-state index contributed by atoms with van der Waals surface area (Å²) in [4.78, 5) is 18.7. The highest BCUT2D eigenvalue weighted by Gasteiger charge is 2.30. The van der Waals surface area contributed by atoms with E-state index >= 15 is 0 Å². The van der Waals surface area contributed by atoms with Gasteiger partial charge < -0.3 is 4.90 Å². The largest absolute Gasteiger partial charge is 0.309 e. The zero-order chi connectivity index (χ0) is 33.0. The molecule has 7 aromatic carbocycles. The van der Waals surface area contributed by atoms with Crippen LogP contribution in [0, 0.1) is 0 Å². The summed E-state index contributed by atoms with van der Waals surface area (Å²) in [6.45, 7) is 0. The molecule has 2 aromatic heterocycles. The number of nitrogens with zero attached hydrogens (tertiary/aromatic N) is 4. The number of rotatable bonds is 4. The van der Waals surface area contributed by atoms with Crippen LogP contribution in [0.5, 0.6) is 0 Å². The topological polar surface area (TPSA) is 41.9 Å². The van der Waals surface area contributed by atoms with E-state index in [9.17, 15) is 0 Å². The van der Waals surface area contributed by atoms with E-state index in [2.05, 4.69) is 114 Å². The maximum Gasteiger partial charge on any atom is 0.164 e. The SMILES string of the molecule is c1ccc(-c2nc(-c3ccccc3)nc(-c3cccc(N4c5ccccc5-c5sc6ccccc6c5-c5c4ccc4ccccc54)c3)n2)cc1. The minimum absolute atomic E-state index is 0.631. The molecule has 1 aliphatic rings. The van der Waals surface area contributed by atoms with Crippen LogP contribution in [-0.4, -0.2) is 15.0 Å². The van der Waals surface area contributed by atoms with Crippen molar-refractivity contribution in [1.82, 2.24) is 15.0 Å². The molecule has 0 fully saturated rings. The Labute approximate surface area is 293 Å². The van der Waals surface area contributed by atoms with Crippen molar-refractivity contribution < 1.29 is 0 Å². The van der Waals surface area contributed by atoms with E-state index in [0.717, 1.165) is 33.8 Å². The summed E-state index contributed by atoms with van der Waals surface area (Å²) >= 11 is 1.87. The van der Waals surface area contributed by atoms with Crippen molar-refractivity contribution in [3.8, 4) is 55.7 Å². The monoisotopic (exact) mass is 656 g/mol. The molecular formula is C45H28N4S. The Morgan fingerprint density at radius 3 is 1.78 bits per heavy atom. The van der Waals surface area contributed by atoms with E-state index in [4.69, 9.17) is 15.0 Å². The summed E-state index contributed by atoms with van der Waals surface area (Å²) in [6.07, 6.45) is 0. The molecule has 0 N–H and O–H groups in total. The average molecular weight is 657 g/mol. The number of fused-ring (bicyclic) bond motifs is 9. The summed E-state index contributed by atoms with van der Waals surface area (Å²) in [5, 5.41) is 3.74. The van der Waals surface area contributed by atoms with Crippen LogP contribution in [0.1, 0.15) is 0 Å². The van der Waals surface area contributed by atoms with Crippen molar-refractivity contribution in [2.75, 3.05) is 4.90 Å². The van der Waals surface area contributed by atoms with Crippen molar-refractivity contribution in [3.63, 3.8) is 0 Å². The van der Waals surface area contributed by atoms with Crippen LogP contribution < -0.4 is 4.90 Å². The number of hydrogen-bond acceptors (Lipinski definition) is 5. The predicted molar refractivity (Wildman–Crippen MR) is 208 cm³/mol. The Morgan fingerprint density at radius 2 is 1.02 bits per heavy atom. The summed E-state index contributed by atoms with van der Waals surface area (Å²) in [5.74, 6) is 1.92. The quantitative estimate of drug-likeness (QED) is 0.189. The zero-order valence-corrected chi connectivity index (χ0v) is 27.7. The molecule has 50 heavy (non-hydrogen) atoms. The Morgan fingerprint density at radius 1 is 0.420 bits per heavy atom. The number of aromatic nitrogens is 3. The van der Waals surface area contributed by atoms with Crippen LogP contribution in [0.4, 0.5) is 17.1 Å². The number of hydrogen-bond donors (Lipinski definition) is 0. The molecule has 0 saturated carbocycles. The Hall–Kier alpha value is -6.43. The molecule has 0 bridgehead atoms. The van der Waals surface area contributed by atoms with Crippen molar-refractivity contribution in [3.05, 3.63) is 170 Å². The second-order valence-electron chi connectivity index (χ2n) is 12.4. The third kappa shape index (κ3) is 4.63. The van der Waals surface area contributed by atoms with E-state index in [0.29, 0.717) is 17.5 Å². The van der Waals surface area contributed by atoms with E-state index in [1.165, 1.54) is 42.4 Å². The van der Waals surface area contributed by atoms with E-state index in [1.54, 1.807) is 0 Å². The van der Waals surface area contributed by atoms with Crippen LogP contribution in [0.25, 0.3) is 76.6 Å². The molecule has 0 spiro atoms. The second kappa shape index (κ2) is 11.6. The van der Waals surface area contributed by atoms with Crippen molar-refractivity contribution in [2.45, 2.75) is 0 Å². The van der Waals surface area contributed by atoms with Crippen molar-refractivity contribution in [1.29, 1.82) is 0 Å². The molecule has 9 aromatic rings. The Balaban J connectivity index is 1.22. The fourth-order valence-corrected chi connectivity index (χ4v) is 8.43. The maximum absolute atomic E-state index is 5.05. The number of para-hydroxylation sites is 1. The van der Waals surface area contributed by atoms with E-state index in [-0.39, 0.29) is 0 Å². The predicted octanol–water partition coefficient (Wildman–Crippen LogP) is 12.4. The van der Waals surface area contributed by atoms with Gasteiger partial charge in [0.05, 0.1) is 11.4 Å². The van der Waals surface area contributed by atoms with Crippen molar-refractivity contribution >= 4 is 49.3 Å². The van der Waals surface area contributed by atoms with Gasteiger partial charge in [-0.1, -0.05) is 140 Å². The van der Waals surface area contributed by atoms with Gasteiger partial charge in [-0.3, -0.25) is 0 Å². The third-order valence-electron chi connectivity index (χ3n) is 9.44. The molecule has 0 saturated heterocycles. The highest BCUT2D eigenvalue weighted by Crippen LogP contribution is 2.57. The summed E-state index contributed by atoms with van der Waals surface area (Å²) < 4.78 is 1.29. The van der Waals surface area contributed by atoms with Crippen molar-refractivity contribution in [2.24, 2.45) is 0 Å². The molecule has 4 nitrogen and oxygen atoms in total. The molecule has 0 unspecified atom stereocenters. The van der Waals surface area contributed by atoms with Gasteiger partial charge in [-0.05, 0) is 41.1 Å². The van der Waals surface area contributed by atoms with Gasteiger partial charge in [-0.2, -0.15) is 0 Å². The first-order valence-electron chi connectivity index (χ1n) is 16.7. The molecule has 234 valence electrons. The van der Waals surface area contributed by atoms with Gasteiger partial charge >= 0.3 is 0 Å². The lowest BCUT2D eigenvalue weighted by molar-refractivity contribution is 1.07. The normalized spacial score (nSPS) is 12.0. The molecule has 5 heteroatoms. The standard InChI is InChI=1S/C45H28N4S/c1-3-15-30(16-4-1)43-46-44(31-17-5-2-6-18-31)48-45(47-43)32-19-13-20-33(28-32)49-37-24-11-9-22-35(37)42-41(36-23-10-12-25-39(36)50-42)40-34-21-8-7-14-29(34)26-27-38(40)49/h1-28H. The fraction of sp³-hybridized carbons (Fsp3) is 0. The van der Waals surface area contributed by atoms with Gasteiger partial charge in [0, 0.05) is 54.0 Å². The maximum atomic E-state index is 5.05. The molecule has 0 aliphatic carbocycles. The first kappa shape index (κ1) is 28.6. The lowest BCUT2D eigenvalue weighted by Crippen LogP contribution is -2.11. The van der Waals surface area contributed by atoms with Gasteiger partial charge in [-0.25, -0.2) is 15.0 Å². The number of thiophene rings is 1. The van der Waals surface area contributed by atoms with Gasteiger partial charge in [0.25, 0.3) is 0 Å². The minimum Gasteiger partial charge on any atom is -0.309 e. The summed E-state index contributed by atoms with van der Waals surface area (Å²) in [5.41, 5.74) is 9.88. The van der Waals surface area contributed by atoms with Crippen LogP contribution in [0.3, 0.4) is 0 Å². The lowest BCUT2D eigenvalue weighted by atomic mass is 9.93. The Bertz CT molecular complexity index is 2660. The summed E-state index contributed by atoms with van der Waals surface area (Å²) in [7, 11) is 0. The third-order valence-corrected chi connectivity index (χ3v) is 10.6. The van der Waals surface area contributed by atoms with E-state index < -0.39 is 0 Å². The van der Waals surface area contributed by atoms with Crippen LogP contribution >= 0.6 is 11.3 Å². The van der Waals surface area contributed by atoms with Crippen LogP contribution in [0.15, 0.2) is 170 Å². The van der Waals surface area contributed by atoms with Crippen LogP contribution in [0.2, 0.25) is 0 Å². The zero-order valence-electron chi connectivity index (χ0n) is 26.9. The number of benzene rings is 7. The van der Waals surface area contributed by atoms with E-state index in [1.807, 2.05) is 72.0 Å². The minimum atomic E-state index is 0.631. The molecule has 1 aliphatic heterocycles. The molecular weight excluding hydrogens is 629 g/mol. The Kier molecular flexibility index (Phi) is 6.64. The molecule has 0 amide bonds. The van der Waals surface area contributed by atoms with Gasteiger partial charge in [-0.15, -0.1) is 11.3 Å². The highest BCUT2D eigenvalue weighted by molar-refractivity contribution is 7.23. The van der Waals surface area contributed by atoms with Gasteiger partial charge in [0.2, 0.25) is 0 Å². The second-order valence-corrected chi connectivity index (χ2v) is 13.5. The first-order valence-corrected chi connectivity index (χ1v) is 17.5. The molecule has 10 rings (SSSR count). The van der Waals surface area contributed by atoms with Crippen LogP contribution in [-0.2, 0) is 0 Å².